The summed E-state index contributed by atoms with van der Waals surface area (Å²) in [5, 5.41) is 10.8. The van der Waals surface area contributed by atoms with Crippen LogP contribution in [-0.4, -0.2) is 60.6 Å². The molecule has 1 fully saturated rings. The molecule has 0 spiro atoms. The molecule has 30 heavy (non-hydrogen) atoms. The molecule has 1 atom stereocenters. The number of hydrogen-bond acceptors (Lipinski definition) is 6. The van der Waals surface area contributed by atoms with Crippen LogP contribution in [0, 0.1) is 11.3 Å². The van der Waals surface area contributed by atoms with Gasteiger partial charge in [-0.1, -0.05) is 20.8 Å². The molecule has 1 aromatic heterocycles. The number of anilines is 1. The first-order valence-corrected chi connectivity index (χ1v) is 10.9. The maximum Gasteiger partial charge on any atom is 0.416 e. The van der Waals surface area contributed by atoms with E-state index in [1.165, 1.54) is 4.31 Å². The Morgan fingerprint density at radius 2 is 1.90 bits per heavy atom. The molecule has 0 aliphatic carbocycles. The Bertz CT molecular complexity index is 876. The van der Waals surface area contributed by atoms with Crippen molar-refractivity contribution in [2.24, 2.45) is 11.3 Å². The molecule has 1 saturated heterocycles. The van der Waals surface area contributed by atoms with Crippen molar-refractivity contribution in [3.8, 4) is 0 Å². The normalized spacial score (nSPS) is 18.2. The van der Waals surface area contributed by atoms with Gasteiger partial charge in [-0.2, -0.15) is 17.5 Å². The number of carbonyl (C=O) groups excluding carboxylic acids is 1. The summed E-state index contributed by atoms with van der Waals surface area (Å²) >= 11 is 0. The third-order valence-electron chi connectivity index (χ3n) is 5.26. The lowest BCUT2D eigenvalue weighted by Gasteiger charge is -2.38. The van der Waals surface area contributed by atoms with Crippen molar-refractivity contribution in [3.63, 3.8) is 0 Å². The molecule has 1 aromatic rings. The van der Waals surface area contributed by atoms with Gasteiger partial charge in [0, 0.05) is 19.3 Å². The molecule has 1 unspecified atom stereocenters. The zero-order valence-electron chi connectivity index (χ0n) is 17.0. The molecule has 2 rings (SSSR count). The Morgan fingerprint density at radius 1 is 1.33 bits per heavy atom. The predicted molar refractivity (Wildman–Crippen MR) is 104 cm³/mol. The molecule has 0 radical (unpaired) electrons. The quantitative estimate of drug-likeness (QED) is 0.625. The van der Waals surface area contributed by atoms with Crippen molar-refractivity contribution in [2.45, 2.75) is 50.8 Å². The van der Waals surface area contributed by atoms with Crippen molar-refractivity contribution < 1.29 is 31.5 Å². The Balaban J connectivity index is 2.10. The molecule has 12 heteroatoms. The Labute approximate surface area is 173 Å². The zero-order chi connectivity index (χ0) is 22.9. The van der Waals surface area contributed by atoms with Crippen molar-refractivity contribution in [1.29, 1.82) is 0 Å². The van der Waals surface area contributed by atoms with Gasteiger partial charge >= 0.3 is 6.18 Å². The summed E-state index contributed by atoms with van der Waals surface area (Å²) in [5.74, 6) is -0.656. The maximum absolute atomic E-state index is 12.9. The number of aliphatic hydroxyl groups is 1. The number of aromatic nitrogens is 1. The minimum Gasteiger partial charge on any atom is -0.397 e. The Kier molecular flexibility index (Phi) is 7.04. The van der Waals surface area contributed by atoms with Gasteiger partial charge in [0.25, 0.3) is 5.91 Å². The van der Waals surface area contributed by atoms with E-state index in [9.17, 15) is 26.4 Å². The maximum atomic E-state index is 12.9. The summed E-state index contributed by atoms with van der Waals surface area (Å²) in [5.41, 5.74) is 5.10. The first-order chi connectivity index (χ1) is 13.6. The van der Waals surface area contributed by atoms with Crippen molar-refractivity contribution in [3.05, 3.63) is 18.0 Å². The lowest BCUT2D eigenvalue weighted by atomic mass is 9.76. The van der Waals surface area contributed by atoms with Gasteiger partial charge in [-0.25, -0.2) is 13.4 Å². The minimum absolute atomic E-state index is 0.0799. The van der Waals surface area contributed by atoms with Gasteiger partial charge in [0.05, 0.1) is 12.2 Å². The van der Waals surface area contributed by atoms with E-state index in [2.05, 4.69) is 25.8 Å². The number of pyridine rings is 1. The van der Waals surface area contributed by atoms with Crippen LogP contribution < -0.4 is 11.1 Å². The zero-order valence-corrected chi connectivity index (χ0v) is 17.8. The first-order valence-electron chi connectivity index (χ1n) is 9.42. The standard InChI is InChI=1S/C18H27F3N4O4S/c1-17(2,3)11-4-6-25(7-5-11)30(28,29)12-8-13(22)15(23-9-12)16(27)24-10-14(26)18(19,20)21/h8-9,11,14,26H,4-7,10,22H2,1-3H3,(H,24,27). The smallest absolute Gasteiger partial charge is 0.397 e. The van der Waals surface area contributed by atoms with E-state index in [-0.39, 0.29) is 16.0 Å². The average Bonchev–Trinajstić information content (AvgIpc) is 2.64. The number of halogens is 3. The van der Waals surface area contributed by atoms with Gasteiger partial charge < -0.3 is 16.2 Å². The fraction of sp³-hybridized carbons (Fsp3) is 0.667. The van der Waals surface area contributed by atoms with E-state index in [1.54, 1.807) is 0 Å². The van der Waals surface area contributed by atoms with E-state index in [4.69, 9.17) is 10.8 Å². The van der Waals surface area contributed by atoms with Crippen molar-refractivity contribution in [1.82, 2.24) is 14.6 Å². The fourth-order valence-corrected chi connectivity index (χ4v) is 4.74. The number of rotatable bonds is 5. The van der Waals surface area contributed by atoms with Gasteiger partial charge in [-0.15, -0.1) is 0 Å². The van der Waals surface area contributed by atoms with Crippen LogP contribution in [0.5, 0.6) is 0 Å². The molecule has 0 saturated carbocycles. The van der Waals surface area contributed by atoms with Crippen LogP contribution >= 0.6 is 0 Å². The predicted octanol–water partition coefficient (Wildman–Crippen LogP) is 1.76. The fourth-order valence-electron chi connectivity index (χ4n) is 3.29. The largest absolute Gasteiger partial charge is 0.416 e. The highest BCUT2D eigenvalue weighted by molar-refractivity contribution is 7.89. The van der Waals surface area contributed by atoms with E-state index in [1.807, 2.05) is 5.32 Å². The number of sulfonamides is 1. The number of nitrogens with zero attached hydrogens (tertiary/aromatic N) is 2. The molecule has 1 amide bonds. The van der Waals surface area contributed by atoms with Crippen LogP contribution in [-0.2, 0) is 10.0 Å². The highest BCUT2D eigenvalue weighted by Gasteiger charge is 2.38. The molecule has 1 aliphatic heterocycles. The number of amides is 1. The summed E-state index contributed by atoms with van der Waals surface area (Å²) in [4.78, 5) is 15.5. The van der Waals surface area contributed by atoms with Crippen LogP contribution in [0.4, 0.5) is 18.9 Å². The van der Waals surface area contributed by atoms with Crippen LogP contribution in [0.1, 0.15) is 44.1 Å². The molecular formula is C18H27F3N4O4S. The molecule has 0 aromatic carbocycles. The second-order valence-corrected chi connectivity index (χ2v) is 10.4. The number of piperidine rings is 1. The number of hydrogen-bond donors (Lipinski definition) is 3. The van der Waals surface area contributed by atoms with Crippen LogP contribution in [0.2, 0.25) is 0 Å². The molecule has 170 valence electrons. The average molecular weight is 452 g/mol. The number of carbonyl (C=O) groups is 1. The van der Waals surface area contributed by atoms with Crippen molar-refractivity contribution in [2.75, 3.05) is 25.4 Å². The monoisotopic (exact) mass is 452 g/mol. The molecular weight excluding hydrogens is 425 g/mol. The highest BCUT2D eigenvalue weighted by Crippen LogP contribution is 2.35. The van der Waals surface area contributed by atoms with Gasteiger partial charge in [-0.05, 0) is 30.2 Å². The van der Waals surface area contributed by atoms with Gasteiger partial charge in [0.1, 0.15) is 4.90 Å². The molecule has 0 bridgehead atoms. The van der Waals surface area contributed by atoms with Crippen LogP contribution in [0.25, 0.3) is 0 Å². The van der Waals surface area contributed by atoms with Crippen molar-refractivity contribution >= 4 is 21.6 Å². The van der Waals surface area contributed by atoms with E-state index in [0.717, 1.165) is 12.3 Å². The Hall–Kier alpha value is -1.92. The van der Waals surface area contributed by atoms with Crippen LogP contribution in [0.15, 0.2) is 17.2 Å². The number of nitrogen functional groups attached to an aromatic ring is 1. The topological polar surface area (TPSA) is 126 Å². The summed E-state index contributed by atoms with van der Waals surface area (Å²) < 4.78 is 64.0. The van der Waals surface area contributed by atoms with Gasteiger partial charge in [0.2, 0.25) is 10.0 Å². The summed E-state index contributed by atoms with van der Waals surface area (Å²) in [7, 11) is -3.87. The second kappa shape index (κ2) is 8.67. The summed E-state index contributed by atoms with van der Waals surface area (Å²) in [6.07, 6.45) is -5.24. The molecule has 1 aliphatic rings. The van der Waals surface area contributed by atoms with E-state index in [0.29, 0.717) is 31.8 Å². The van der Waals surface area contributed by atoms with Gasteiger partial charge in [0.15, 0.2) is 11.8 Å². The van der Waals surface area contributed by atoms with Crippen LogP contribution in [0.3, 0.4) is 0 Å². The molecule has 4 N–H and O–H groups in total. The third-order valence-corrected chi connectivity index (χ3v) is 7.12. The number of aliphatic hydroxyl groups excluding tert-OH is 1. The van der Waals surface area contributed by atoms with Gasteiger partial charge in [-0.3, -0.25) is 4.79 Å². The summed E-state index contributed by atoms with van der Waals surface area (Å²) in [6, 6.07) is 1.06. The lowest BCUT2D eigenvalue weighted by molar-refractivity contribution is -0.201. The number of alkyl halides is 3. The lowest BCUT2D eigenvalue weighted by Crippen LogP contribution is -2.41. The number of nitrogens with two attached hydrogens (primary N) is 1. The first kappa shape index (κ1) is 24.4. The highest BCUT2D eigenvalue weighted by atomic mass is 32.2. The molecule has 2 heterocycles. The number of nitrogens with one attached hydrogen (secondary N) is 1. The summed E-state index contributed by atoms with van der Waals surface area (Å²) in [6.45, 7) is 5.97. The SMILES string of the molecule is CC(C)(C)C1CCN(S(=O)(=O)c2cnc(C(=O)NCC(O)C(F)(F)F)c(N)c2)CC1. The van der Waals surface area contributed by atoms with E-state index >= 15 is 0 Å². The third kappa shape index (κ3) is 5.61. The Morgan fingerprint density at radius 3 is 2.37 bits per heavy atom. The molecule has 8 nitrogen and oxygen atoms in total. The minimum atomic E-state index is -4.88. The second-order valence-electron chi connectivity index (χ2n) is 8.42. The van der Waals surface area contributed by atoms with E-state index < -0.39 is 40.4 Å².